The minimum absolute atomic E-state index is 0.460. The lowest BCUT2D eigenvalue weighted by molar-refractivity contribution is 0.632. The number of nitriles is 1. The van der Waals surface area contributed by atoms with Crippen LogP contribution in [0.25, 0.3) is 38.9 Å². The quantitative estimate of drug-likeness (QED) is 0.258. The van der Waals surface area contributed by atoms with Crippen LogP contribution in [-0.2, 0) is 12.8 Å². The standard InChI is InChI=1S/C32H31N3/c1-21(2)16-26-18-23(20-33)19-27(17-22(3)4)30(26)35-31-28-13-9-8-10-24(28)14-15-29(31)34-32(35)25-11-6-5-7-12-25/h5-15,18-19,21-22H,16-17H2,1-4H3. The second-order valence-corrected chi connectivity index (χ2v) is 10.2. The Morgan fingerprint density at radius 2 is 1.43 bits per heavy atom. The lowest BCUT2D eigenvalue weighted by atomic mass is 9.91. The van der Waals surface area contributed by atoms with Gasteiger partial charge in [0.25, 0.3) is 0 Å². The molecule has 0 saturated heterocycles. The average molecular weight is 458 g/mol. The Bertz CT molecular complexity index is 1520. The Labute approximate surface area is 207 Å². The lowest BCUT2D eigenvalue weighted by Gasteiger charge is -2.22. The largest absolute Gasteiger partial charge is 0.291 e. The summed E-state index contributed by atoms with van der Waals surface area (Å²) in [6.07, 6.45) is 1.79. The van der Waals surface area contributed by atoms with E-state index in [1.54, 1.807) is 0 Å². The average Bonchev–Trinajstić information content (AvgIpc) is 3.23. The van der Waals surface area contributed by atoms with E-state index < -0.39 is 0 Å². The molecule has 3 heteroatoms. The highest BCUT2D eigenvalue weighted by atomic mass is 15.1. The zero-order chi connectivity index (χ0) is 24.5. The maximum absolute atomic E-state index is 9.85. The molecular formula is C32H31N3. The van der Waals surface area contributed by atoms with Crippen LogP contribution in [0.3, 0.4) is 0 Å². The summed E-state index contributed by atoms with van der Waals surface area (Å²) in [6.45, 7) is 8.96. The van der Waals surface area contributed by atoms with E-state index in [2.05, 4.69) is 111 Å². The van der Waals surface area contributed by atoms with Gasteiger partial charge in [-0.1, -0.05) is 88.4 Å². The van der Waals surface area contributed by atoms with Crippen LogP contribution < -0.4 is 0 Å². The molecule has 5 rings (SSSR count). The summed E-state index contributed by atoms with van der Waals surface area (Å²) < 4.78 is 2.38. The first-order valence-electron chi connectivity index (χ1n) is 12.5. The third-order valence-corrected chi connectivity index (χ3v) is 6.45. The third kappa shape index (κ3) is 4.33. The highest BCUT2D eigenvalue weighted by Gasteiger charge is 2.22. The predicted molar refractivity (Wildman–Crippen MR) is 146 cm³/mol. The number of hydrogen-bond acceptors (Lipinski definition) is 2. The van der Waals surface area contributed by atoms with Crippen molar-refractivity contribution < 1.29 is 0 Å². The Kier molecular flexibility index (Phi) is 6.14. The fraction of sp³-hybridized carbons (Fsp3) is 0.250. The Morgan fingerprint density at radius 1 is 0.800 bits per heavy atom. The molecule has 0 spiro atoms. The van der Waals surface area contributed by atoms with Gasteiger partial charge in [0.1, 0.15) is 5.82 Å². The lowest BCUT2D eigenvalue weighted by Crippen LogP contribution is -2.11. The first-order chi connectivity index (χ1) is 17.0. The molecule has 5 aromatic rings. The van der Waals surface area contributed by atoms with Crippen LogP contribution in [0.4, 0.5) is 0 Å². The summed E-state index contributed by atoms with van der Waals surface area (Å²) >= 11 is 0. The summed E-state index contributed by atoms with van der Waals surface area (Å²) in [5.41, 5.74) is 7.53. The van der Waals surface area contributed by atoms with E-state index in [-0.39, 0.29) is 0 Å². The Balaban J connectivity index is 1.97. The topological polar surface area (TPSA) is 41.6 Å². The number of rotatable bonds is 6. The zero-order valence-electron chi connectivity index (χ0n) is 20.9. The molecule has 35 heavy (non-hydrogen) atoms. The van der Waals surface area contributed by atoms with E-state index in [9.17, 15) is 5.26 Å². The normalized spacial score (nSPS) is 11.6. The molecule has 0 unspecified atom stereocenters. The van der Waals surface area contributed by atoms with E-state index in [4.69, 9.17) is 4.98 Å². The van der Waals surface area contributed by atoms with Gasteiger partial charge in [-0.05, 0) is 59.4 Å². The number of benzene rings is 4. The first kappa shape index (κ1) is 22.9. The fourth-order valence-corrected chi connectivity index (χ4v) is 5.14. The second kappa shape index (κ2) is 9.39. The van der Waals surface area contributed by atoms with Crippen molar-refractivity contribution in [2.75, 3.05) is 0 Å². The SMILES string of the molecule is CC(C)Cc1cc(C#N)cc(CC(C)C)c1-n1c(-c2ccccc2)nc2ccc3ccccc3c21. The van der Waals surface area contributed by atoms with Gasteiger partial charge < -0.3 is 0 Å². The van der Waals surface area contributed by atoms with Gasteiger partial charge in [0, 0.05) is 10.9 Å². The van der Waals surface area contributed by atoms with Crippen LogP contribution in [0.1, 0.15) is 44.4 Å². The molecule has 0 aliphatic heterocycles. The van der Waals surface area contributed by atoms with Crippen molar-refractivity contribution in [2.24, 2.45) is 11.8 Å². The molecule has 0 N–H and O–H groups in total. The summed E-state index contributed by atoms with van der Waals surface area (Å²) in [6, 6.07) is 29.9. The van der Waals surface area contributed by atoms with E-state index >= 15 is 0 Å². The minimum Gasteiger partial charge on any atom is -0.291 e. The molecule has 0 saturated carbocycles. The maximum Gasteiger partial charge on any atom is 0.145 e. The second-order valence-electron chi connectivity index (χ2n) is 10.2. The van der Waals surface area contributed by atoms with Gasteiger partial charge in [0.15, 0.2) is 0 Å². The van der Waals surface area contributed by atoms with Crippen LogP contribution in [0.2, 0.25) is 0 Å². The van der Waals surface area contributed by atoms with E-state index in [0.717, 1.165) is 40.8 Å². The van der Waals surface area contributed by atoms with E-state index in [1.807, 2.05) is 6.07 Å². The van der Waals surface area contributed by atoms with Gasteiger partial charge >= 0.3 is 0 Å². The van der Waals surface area contributed by atoms with Gasteiger partial charge in [0.2, 0.25) is 0 Å². The number of imidazole rings is 1. The van der Waals surface area contributed by atoms with Crippen molar-refractivity contribution in [2.45, 2.75) is 40.5 Å². The zero-order valence-corrected chi connectivity index (χ0v) is 20.9. The summed E-state index contributed by atoms with van der Waals surface area (Å²) in [5.74, 6) is 1.86. The number of nitrogens with zero attached hydrogens (tertiary/aromatic N) is 3. The van der Waals surface area contributed by atoms with Crippen molar-refractivity contribution in [3.63, 3.8) is 0 Å². The summed E-state index contributed by atoms with van der Waals surface area (Å²) in [5, 5.41) is 12.2. The third-order valence-electron chi connectivity index (χ3n) is 6.45. The van der Waals surface area contributed by atoms with Gasteiger partial charge in [0.05, 0.1) is 28.4 Å². The molecule has 0 amide bonds. The molecule has 0 bridgehead atoms. The van der Waals surface area contributed by atoms with Crippen LogP contribution in [0.5, 0.6) is 0 Å². The van der Waals surface area contributed by atoms with Crippen molar-refractivity contribution in [3.05, 3.63) is 95.6 Å². The van der Waals surface area contributed by atoms with Crippen LogP contribution in [-0.4, -0.2) is 9.55 Å². The first-order valence-corrected chi connectivity index (χ1v) is 12.5. The van der Waals surface area contributed by atoms with Crippen LogP contribution >= 0.6 is 0 Å². The highest BCUT2D eigenvalue weighted by Crippen LogP contribution is 2.37. The Morgan fingerprint density at radius 3 is 2.06 bits per heavy atom. The molecule has 0 aliphatic carbocycles. The van der Waals surface area contributed by atoms with Crippen molar-refractivity contribution in [1.29, 1.82) is 5.26 Å². The summed E-state index contributed by atoms with van der Waals surface area (Å²) in [7, 11) is 0. The highest BCUT2D eigenvalue weighted by molar-refractivity contribution is 6.06. The number of aromatic nitrogens is 2. The molecule has 0 radical (unpaired) electrons. The predicted octanol–water partition coefficient (Wildman–Crippen LogP) is 8.11. The molecule has 3 nitrogen and oxygen atoms in total. The molecule has 0 atom stereocenters. The molecule has 1 aromatic heterocycles. The molecule has 0 fully saturated rings. The van der Waals surface area contributed by atoms with Gasteiger partial charge in [-0.15, -0.1) is 0 Å². The monoisotopic (exact) mass is 457 g/mol. The Hall–Kier alpha value is -3.90. The van der Waals surface area contributed by atoms with Gasteiger partial charge in [-0.3, -0.25) is 4.57 Å². The number of fused-ring (bicyclic) bond motifs is 3. The fourth-order valence-electron chi connectivity index (χ4n) is 5.14. The summed E-state index contributed by atoms with van der Waals surface area (Å²) in [4.78, 5) is 5.19. The molecular weight excluding hydrogens is 426 g/mol. The molecule has 174 valence electrons. The molecule has 4 aromatic carbocycles. The van der Waals surface area contributed by atoms with Gasteiger partial charge in [-0.2, -0.15) is 5.26 Å². The number of hydrogen-bond donors (Lipinski definition) is 0. The van der Waals surface area contributed by atoms with E-state index in [0.29, 0.717) is 11.8 Å². The van der Waals surface area contributed by atoms with Crippen LogP contribution in [0.15, 0.2) is 78.9 Å². The molecule has 1 heterocycles. The minimum atomic E-state index is 0.460. The van der Waals surface area contributed by atoms with Crippen molar-refractivity contribution in [3.8, 4) is 23.1 Å². The van der Waals surface area contributed by atoms with Gasteiger partial charge in [-0.25, -0.2) is 4.98 Å². The van der Waals surface area contributed by atoms with Crippen LogP contribution in [0, 0.1) is 23.2 Å². The molecule has 0 aliphatic rings. The smallest absolute Gasteiger partial charge is 0.145 e. The maximum atomic E-state index is 9.85. The van der Waals surface area contributed by atoms with E-state index in [1.165, 1.54) is 27.6 Å². The van der Waals surface area contributed by atoms with Crippen molar-refractivity contribution in [1.82, 2.24) is 9.55 Å². The van der Waals surface area contributed by atoms with Crippen molar-refractivity contribution >= 4 is 21.8 Å².